The van der Waals surface area contributed by atoms with Gasteiger partial charge in [-0.05, 0) is 48.6 Å². The lowest BCUT2D eigenvalue weighted by molar-refractivity contribution is -0.120. The van der Waals surface area contributed by atoms with Crippen molar-refractivity contribution < 1.29 is 4.79 Å². The molecule has 0 unspecified atom stereocenters. The van der Waals surface area contributed by atoms with Crippen molar-refractivity contribution in [2.45, 2.75) is 33.2 Å². The minimum absolute atomic E-state index is 0.0362. The summed E-state index contributed by atoms with van der Waals surface area (Å²) in [5.74, 6) is 0.0362. The van der Waals surface area contributed by atoms with Gasteiger partial charge in [-0.1, -0.05) is 78.4 Å². The highest BCUT2D eigenvalue weighted by Crippen LogP contribution is 2.25. The fourth-order valence-electron chi connectivity index (χ4n) is 3.33. The number of rotatable bonds is 5. The molecule has 3 aromatic carbocycles. The maximum Gasteiger partial charge on any atom is 0.225 e. The minimum atomic E-state index is -0.143. The van der Waals surface area contributed by atoms with E-state index in [0.29, 0.717) is 6.42 Å². The largest absolute Gasteiger partial charge is 0.345 e. The van der Waals surface area contributed by atoms with Crippen molar-refractivity contribution in [2.75, 3.05) is 0 Å². The van der Waals surface area contributed by atoms with Crippen LogP contribution in [0.15, 0.2) is 72.8 Å². The maximum atomic E-state index is 12.8. The summed E-state index contributed by atoms with van der Waals surface area (Å²) in [6.07, 6.45) is 0.390. The van der Waals surface area contributed by atoms with Gasteiger partial charge >= 0.3 is 0 Å². The molecule has 2 nitrogen and oxygen atoms in total. The van der Waals surface area contributed by atoms with Gasteiger partial charge in [0.2, 0.25) is 5.91 Å². The third-order valence-corrected chi connectivity index (χ3v) is 4.79. The molecule has 132 valence electrons. The van der Waals surface area contributed by atoms with Crippen LogP contribution in [0.1, 0.15) is 39.4 Å². The van der Waals surface area contributed by atoms with Gasteiger partial charge in [0.25, 0.3) is 0 Å². The number of hydrogen-bond acceptors (Lipinski definition) is 1. The average molecular weight is 343 g/mol. The molecule has 0 aliphatic heterocycles. The number of amides is 1. The van der Waals surface area contributed by atoms with Crippen LogP contribution in [0.5, 0.6) is 0 Å². The van der Waals surface area contributed by atoms with Crippen LogP contribution in [0.2, 0.25) is 0 Å². The average Bonchev–Trinajstić information content (AvgIpc) is 2.63. The van der Waals surface area contributed by atoms with Crippen molar-refractivity contribution in [1.29, 1.82) is 0 Å². The Bertz CT molecular complexity index is 899. The quantitative estimate of drug-likeness (QED) is 0.689. The Kier molecular flexibility index (Phi) is 5.52. The summed E-state index contributed by atoms with van der Waals surface area (Å²) in [5.41, 5.74) is 6.85. The van der Waals surface area contributed by atoms with Gasteiger partial charge in [0.05, 0.1) is 12.5 Å². The second kappa shape index (κ2) is 8.01. The molecule has 0 aromatic heterocycles. The first-order valence-corrected chi connectivity index (χ1v) is 9.00. The molecule has 3 rings (SSSR count). The van der Waals surface area contributed by atoms with Crippen LogP contribution >= 0.6 is 0 Å². The van der Waals surface area contributed by atoms with Crippen LogP contribution in [0.3, 0.4) is 0 Å². The van der Waals surface area contributed by atoms with Crippen molar-refractivity contribution in [2.24, 2.45) is 0 Å². The second-order valence-corrected chi connectivity index (χ2v) is 6.87. The highest BCUT2D eigenvalue weighted by atomic mass is 16.1. The Balaban J connectivity index is 1.86. The molecule has 3 aromatic rings. The number of carbonyl (C=O) groups is 1. The summed E-state index contributed by atoms with van der Waals surface area (Å²) in [4.78, 5) is 12.8. The van der Waals surface area contributed by atoms with E-state index in [0.717, 1.165) is 22.3 Å². The zero-order valence-electron chi connectivity index (χ0n) is 15.6. The molecular weight excluding hydrogens is 318 g/mol. The molecule has 0 radical (unpaired) electrons. The molecule has 26 heavy (non-hydrogen) atoms. The number of benzene rings is 3. The monoisotopic (exact) mass is 343 g/mol. The van der Waals surface area contributed by atoms with Crippen LogP contribution < -0.4 is 5.32 Å². The Hall–Kier alpha value is -2.87. The van der Waals surface area contributed by atoms with E-state index in [1.54, 1.807) is 0 Å². The molecule has 1 N–H and O–H groups in total. The van der Waals surface area contributed by atoms with Crippen LogP contribution in [-0.2, 0) is 11.2 Å². The Morgan fingerprint density at radius 2 is 1.54 bits per heavy atom. The van der Waals surface area contributed by atoms with Gasteiger partial charge in [0.1, 0.15) is 0 Å². The molecule has 1 amide bonds. The molecule has 0 aliphatic carbocycles. The number of aryl methyl sites for hydroxylation is 3. The van der Waals surface area contributed by atoms with Crippen molar-refractivity contribution in [3.05, 3.63) is 106 Å². The van der Waals surface area contributed by atoms with E-state index in [9.17, 15) is 4.79 Å². The third-order valence-electron chi connectivity index (χ3n) is 4.79. The molecule has 0 aliphatic rings. The summed E-state index contributed by atoms with van der Waals surface area (Å²) < 4.78 is 0. The van der Waals surface area contributed by atoms with E-state index in [2.05, 4.69) is 68.6 Å². The van der Waals surface area contributed by atoms with Crippen LogP contribution in [0.25, 0.3) is 0 Å². The van der Waals surface area contributed by atoms with Crippen molar-refractivity contribution in [3.63, 3.8) is 0 Å². The number of nitrogens with one attached hydrogen (secondary N) is 1. The van der Waals surface area contributed by atoms with Crippen LogP contribution in [0.4, 0.5) is 0 Å². The summed E-state index contributed by atoms with van der Waals surface area (Å²) in [6, 6.07) is 24.5. The normalized spacial score (nSPS) is 11.8. The van der Waals surface area contributed by atoms with Gasteiger partial charge in [0.15, 0.2) is 0 Å². The summed E-state index contributed by atoms with van der Waals surface area (Å²) >= 11 is 0. The first-order chi connectivity index (χ1) is 12.5. The van der Waals surface area contributed by atoms with Crippen molar-refractivity contribution in [1.82, 2.24) is 5.32 Å². The Labute approximate surface area is 155 Å². The van der Waals surface area contributed by atoms with E-state index < -0.39 is 0 Å². The predicted molar refractivity (Wildman–Crippen MR) is 107 cm³/mol. The first-order valence-electron chi connectivity index (χ1n) is 9.00. The van der Waals surface area contributed by atoms with E-state index in [1.807, 2.05) is 30.3 Å². The van der Waals surface area contributed by atoms with E-state index in [-0.39, 0.29) is 11.9 Å². The summed E-state index contributed by atoms with van der Waals surface area (Å²) in [6.45, 7) is 6.22. The topological polar surface area (TPSA) is 29.1 Å². The van der Waals surface area contributed by atoms with Gasteiger partial charge < -0.3 is 5.32 Å². The molecular formula is C24H25NO. The number of hydrogen-bond donors (Lipinski definition) is 1. The molecule has 0 heterocycles. The molecule has 0 saturated heterocycles. The lowest BCUT2D eigenvalue weighted by Gasteiger charge is -2.22. The van der Waals surface area contributed by atoms with Crippen molar-refractivity contribution >= 4 is 5.91 Å². The number of carbonyl (C=O) groups excluding carboxylic acids is 1. The second-order valence-electron chi connectivity index (χ2n) is 6.87. The van der Waals surface area contributed by atoms with Gasteiger partial charge in [-0.25, -0.2) is 0 Å². The molecule has 0 saturated carbocycles. The predicted octanol–water partition coefficient (Wildman–Crippen LogP) is 5.06. The standard InChI is InChI=1S/C24H25NO/c1-17-13-14-21(19(3)15-17)16-23(26)25-24(20-10-5-4-6-11-20)22-12-8-7-9-18(22)2/h4-15,24H,16H2,1-3H3,(H,25,26)/t24-/m0/s1. The molecule has 0 spiro atoms. The minimum Gasteiger partial charge on any atom is -0.345 e. The zero-order chi connectivity index (χ0) is 18.5. The first kappa shape index (κ1) is 17.9. The smallest absolute Gasteiger partial charge is 0.225 e. The highest BCUT2D eigenvalue weighted by molar-refractivity contribution is 5.80. The van der Waals surface area contributed by atoms with Gasteiger partial charge in [-0.15, -0.1) is 0 Å². The van der Waals surface area contributed by atoms with Crippen LogP contribution in [-0.4, -0.2) is 5.91 Å². The molecule has 0 fully saturated rings. The maximum absolute atomic E-state index is 12.8. The SMILES string of the molecule is Cc1ccc(CC(=O)N[C@@H](c2ccccc2)c2ccccc2C)c(C)c1. The lowest BCUT2D eigenvalue weighted by Crippen LogP contribution is -2.31. The van der Waals surface area contributed by atoms with Crippen molar-refractivity contribution in [3.8, 4) is 0 Å². The molecule has 1 atom stereocenters. The van der Waals surface area contributed by atoms with Gasteiger partial charge in [0, 0.05) is 0 Å². The fourth-order valence-corrected chi connectivity index (χ4v) is 3.33. The fraction of sp³-hybridized carbons (Fsp3) is 0.208. The van der Waals surface area contributed by atoms with E-state index in [1.165, 1.54) is 11.1 Å². The summed E-state index contributed by atoms with van der Waals surface area (Å²) in [7, 11) is 0. The highest BCUT2D eigenvalue weighted by Gasteiger charge is 2.18. The lowest BCUT2D eigenvalue weighted by atomic mass is 9.94. The van der Waals surface area contributed by atoms with Gasteiger partial charge in [-0.2, -0.15) is 0 Å². The van der Waals surface area contributed by atoms with E-state index in [4.69, 9.17) is 0 Å². The van der Waals surface area contributed by atoms with Crippen LogP contribution in [0, 0.1) is 20.8 Å². The van der Waals surface area contributed by atoms with Gasteiger partial charge in [-0.3, -0.25) is 4.79 Å². The van der Waals surface area contributed by atoms with E-state index >= 15 is 0 Å². The Morgan fingerprint density at radius 3 is 2.23 bits per heavy atom. The zero-order valence-corrected chi connectivity index (χ0v) is 15.6. The third kappa shape index (κ3) is 4.20. The molecule has 2 heteroatoms. The Morgan fingerprint density at radius 1 is 0.846 bits per heavy atom. The summed E-state index contributed by atoms with van der Waals surface area (Å²) in [5, 5.41) is 3.24. The molecule has 0 bridgehead atoms.